The van der Waals surface area contributed by atoms with Crippen LogP contribution in [0.2, 0.25) is 0 Å². The van der Waals surface area contributed by atoms with E-state index >= 15 is 0 Å². The molecule has 0 saturated carbocycles. The molecular weight excluding hydrogens is 176 g/mol. The summed E-state index contributed by atoms with van der Waals surface area (Å²) in [6, 6.07) is 6.11. The molecule has 2 heteroatoms. The van der Waals surface area contributed by atoms with Crippen LogP contribution in [0.15, 0.2) is 24.3 Å². The normalized spacial score (nSPS) is 12.6. The Morgan fingerprint density at radius 3 is 3.14 bits per heavy atom. The molecule has 0 bridgehead atoms. The van der Waals surface area contributed by atoms with E-state index in [0.29, 0.717) is 6.42 Å². The van der Waals surface area contributed by atoms with Gasteiger partial charge in [0, 0.05) is 0 Å². The second-order valence-corrected chi connectivity index (χ2v) is 3.39. The number of ether oxygens (including phenoxy) is 1. The largest absolute Gasteiger partial charge is 0.469 e. The first-order chi connectivity index (χ1) is 6.79. The highest BCUT2D eigenvalue weighted by Crippen LogP contribution is 2.20. The van der Waals surface area contributed by atoms with E-state index in [2.05, 4.69) is 29.0 Å². The number of carbonyl (C=O) groups is 1. The molecule has 0 aliphatic heterocycles. The van der Waals surface area contributed by atoms with Gasteiger partial charge in [0.1, 0.15) is 0 Å². The molecule has 0 fully saturated rings. The summed E-state index contributed by atoms with van der Waals surface area (Å²) in [4.78, 5) is 11.0. The first kappa shape index (κ1) is 9.00. The van der Waals surface area contributed by atoms with Crippen LogP contribution in [0.5, 0.6) is 0 Å². The van der Waals surface area contributed by atoms with Crippen molar-refractivity contribution in [3.63, 3.8) is 0 Å². The zero-order chi connectivity index (χ0) is 9.97. The van der Waals surface area contributed by atoms with Crippen LogP contribution in [0.4, 0.5) is 0 Å². The minimum absolute atomic E-state index is 0.184. The molecule has 2 nitrogen and oxygen atoms in total. The molecule has 1 aromatic rings. The van der Waals surface area contributed by atoms with Crippen molar-refractivity contribution in [3.05, 3.63) is 41.0 Å². The highest BCUT2D eigenvalue weighted by molar-refractivity contribution is 5.73. The van der Waals surface area contributed by atoms with Gasteiger partial charge in [0.25, 0.3) is 0 Å². The molecule has 72 valence electrons. The molecule has 0 unspecified atom stereocenters. The minimum atomic E-state index is -0.184. The summed E-state index contributed by atoms with van der Waals surface area (Å²) >= 11 is 0. The lowest BCUT2D eigenvalue weighted by Gasteiger charge is -2.03. The lowest BCUT2D eigenvalue weighted by atomic mass is 10.0. The van der Waals surface area contributed by atoms with E-state index < -0.39 is 0 Å². The maximum absolute atomic E-state index is 11.0. The number of allylic oxidation sites excluding steroid dienone is 1. The second kappa shape index (κ2) is 3.66. The second-order valence-electron chi connectivity index (χ2n) is 3.39. The molecule has 0 amide bonds. The van der Waals surface area contributed by atoms with Gasteiger partial charge < -0.3 is 4.74 Å². The van der Waals surface area contributed by atoms with Crippen molar-refractivity contribution < 1.29 is 9.53 Å². The molecule has 1 aliphatic carbocycles. The highest BCUT2D eigenvalue weighted by Gasteiger charge is 2.08. The Kier molecular flexibility index (Phi) is 2.35. The summed E-state index contributed by atoms with van der Waals surface area (Å²) in [6.07, 6.45) is 5.58. The van der Waals surface area contributed by atoms with E-state index in [-0.39, 0.29) is 5.97 Å². The van der Waals surface area contributed by atoms with Crippen molar-refractivity contribution >= 4 is 12.0 Å². The maximum Gasteiger partial charge on any atom is 0.309 e. The van der Waals surface area contributed by atoms with Crippen molar-refractivity contribution in [1.82, 2.24) is 0 Å². The van der Waals surface area contributed by atoms with Gasteiger partial charge in [-0.2, -0.15) is 0 Å². The minimum Gasteiger partial charge on any atom is -0.469 e. The molecule has 0 aromatic heterocycles. The van der Waals surface area contributed by atoms with Crippen LogP contribution >= 0.6 is 0 Å². The van der Waals surface area contributed by atoms with Gasteiger partial charge >= 0.3 is 5.97 Å². The third kappa shape index (κ3) is 1.69. The fraction of sp³-hybridized carbons (Fsp3) is 0.250. The van der Waals surface area contributed by atoms with E-state index in [0.717, 1.165) is 12.0 Å². The molecule has 0 heterocycles. The van der Waals surface area contributed by atoms with Gasteiger partial charge in [-0.25, -0.2) is 0 Å². The predicted molar refractivity (Wildman–Crippen MR) is 54.9 cm³/mol. The maximum atomic E-state index is 11.0. The monoisotopic (exact) mass is 188 g/mol. The third-order valence-electron chi connectivity index (χ3n) is 2.42. The number of hydrogen-bond donors (Lipinski definition) is 0. The van der Waals surface area contributed by atoms with Crippen molar-refractivity contribution in [2.75, 3.05) is 7.11 Å². The van der Waals surface area contributed by atoms with Crippen molar-refractivity contribution in [1.29, 1.82) is 0 Å². The Hall–Kier alpha value is -1.57. The van der Waals surface area contributed by atoms with E-state index in [1.54, 1.807) is 0 Å². The molecule has 0 radical (unpaired) electrons. The topological polar surface area (TPSA) is 26.3 Å². The van der Waals surface area contributed by atoms with E-state index in [4.69, 9.17) is 0 Å². The van der Waals surface area contributed by atoms with Gasteiger partial charge in [-0.15, -0.1) is 0 Å². The summed E-state index contributed by atoms with van der Waals surface area (Å²) < 4.78 is 4.62. The summed E-state index contributed by atoms with van der Waals surface area (Å²) in [5.74, 6) is -0.184. The molecule has 0 saturated heterocycles. The van der Waals surface area contributed by atoms with Crippen LogP contribution in [0, 0.1) is 0 Å². The predicted octanol–water partition coefficient (Wildman–Crippen LogP) is 1.97. The Labute approximate surface area is 83.2 Å². The molecular formula is C12H12O2. The van der Waals surface area contributed by atoms with Gasteiger partial charge in [-0.3, -0.25) is 4.79 Å². The van der Waals surface area contributed by atoms with Crippen LogP contribution in [0.25, 0.3) is 6.08 Å². The van der Waals surface area contributed by atoms with E-state index in [1.165, 1.54) is 18.2 Å². The highest BCUT2D eigenvalue weighted by atomic mass is 16.5. The Morgan fingerprint density at radius 1 is 1.50 bits per heavy atom. The Morgan fingerprint density at radius 2 is 2.36 bits per heavy atom. The van der Waals surface area contributed by atoms with Crippen LogP contribution < -0.4 is 0 Å². The molecule has 2 rings (SSSR count). The summed E-state index contributed by atoms with van der Waals surface area (Å²) in [5.41, 5.74) is 3.59. The van der Waals surface area contributed by atoms with Gasteiger partial charge in [-0.05, 0) is 23.1 Å². The molecule has 0 spiro atoms. The molecule has 0 N–H and O–H groups in total. The van der Waals surface area contributed by atoms with Gasteiger partial charge in [0.05, 0.1) is 13.5 Å². The van der Waals surface area contributed by atoms with E-state index in [9.17, 15) is 4.79 Å². The van der Waals surface area contributed by atoms with E-state index in [1.807, 2.05) is 6.07 Å². The number of hydrogen-bond acceptors (Lipinski definition) is 2. The Bertz CT molecular complexity index is 391. The van der Waals surface area contributed by atoms with Gasteiger partial charge in [0.2, 0.25) is 0 Å². The average Bonchev–Trinajstić information content (AvgIpc) is 2.64. The third-order valence-corrected chi connectivity index (χ3v) is 2.42. The summed E-state index contributed by atoms with van der Waals surface area (Å²) in [5, 5.41) is 0. The first-order valence-electron chi connectivity index (χ1n) is 4.65. The Balaban J connectivity index is 2.18. The average molecular weight is 188 g/mol. The van der Waals surface area contributed by atoms with Crippen LogP contribution in [0.1, 0.15) is 16.7 Å². The summed E-state index contributed by atoms with van der Waals surface area (Å²) in [7, 11) is 1.41. The smallest absolute Gasteiger partial charge is 0.309 e. The van der Waals surface area contributed by atoms with Crippen LogP contribution in [-0.4, -0.2) is 13.1 Å². The molecule has 0 atom stereocenters. The molecule has 14 heavy (non-hydrogen) atoms. The molecule has 1 aromatic carbocycles. The standard InChI is InChI=1S/C12H12O2/c1-14-12(13)8-9-5-6-10-3-2-4-11(10)7-9/h2-3,5-7H,4,8H2,1H3. The van der Waals surface area contributed by atoms with Crippen LogP contribution in [-0.2, 0) is 22.4 Å². The number of rotatable bonds is 2. The number of methoxy groups -OCH3 is 1. The SMILES string of the molecule is COC(=O)Cc1ccc2c(c1)CC=C2. The van der Waals surface area contributed by atoms with Crippen molar-refractivity contribution in [3.8, 4) is 0 Å². The molecule has 1 aliphatic rings. The quantitative estimate of drug-likeness (QED) is 0.663. The fourth-order valence-electron chi connectivity index (χ4n) is 1.66. The lowest BCUT2D eigenvalue weighted by Crippen LogP contribution is -2.04. The number of carbonyl (C=O) groups excluding carboxylic acids is 1. The number of benzene rings is 1. The number of esters is 1. The number of fused-ring (bicyclic) bond motifs is 1. The fourth-order valence-corrected chi connectivity index (χ4v) is 1.66. The lowest BCUT2D eigenvalue weighted by molar-refractivity contribution is -0.139. The summed E-state index contributed by atoms with van der Waals surface area (Å²) in [6.45, 7) is 0. The van der Waals surface area contributed by atoms with Gasteiger partial charge in [0.15, 0.2) is 0 Å². The zero-order valence-electron chi connectivity index (χ0n) is 8.12. The zero-order valence-corrected chi connectivity index (χ0v) is 8.12. The van der Waals surface area contributed by atoms with Gasteiger partial charge in [-0.1, -0.05) is 30.4 Å². The van der Waals surface area contributed by atoms with Crippen molar-refractivity contribution in [2.24, 2.45) is 0 Å². The van der Waals surface area contributed by atoms with Crippen LogP contribution in [0.3, 0.4) is 0 Å². The van der Waals surface area contributed by atoms with Crippen molar-refractivity contribution in [2.45, 2.75) is 12.8 Å². The first-order valence-corrected chi connectivity index (χ1v) is 4.65.